The molecule has 2 heteroatoms. The molecule has 54 heavy (non-hydrogen) atoms. The summed E-state index contributed by atoms with van der Waals surface area (Å²) in [7, 11) is 0. The Morgan fingerprint density at radius 2 is 0.889 bits per heavy atom. The van der Waals surface area contributed by atoms with E-state index in [2.05, 4.69) is 195 Å². The largest absolute Gasteiger partial charge is 0.454 e. The summed E-state index contributed by atoms with van der Waals surface area (Å²) in [6.07, 6.45) is 0. The van der Waals surface area contributed by atoms with Gasteiger partial charge in [-0.15, -0.1) is 0 Å². The number of rotatable bonds is 3. The highest BCUT2D eigenvalue weighted by atomic mass is 16.3. The van der Waals surface area contributed by atoms with E-state index in [9.17, 15) is 0 Å². The van der Waals surface area contributed by atoms with Crippen LogP contribution < -0.4 is 4.90 Å². The van der Waals surface area contributed by atoms with Crippen LogP contribution in [0.25, 0.3) is 55.3 Å². The van der Waals surface area contributed by atoms with Crippen LogP contribution in [0.4, 0.5) is 17.1 Å². The zero-order chi connectivity index (χ0) is 35.8. The molecular weight excluding hydrogens is 655 g/mol. The van der Waals surface area contributed by atoms with Crippen molar-refractivity contribution in [1.82, 2.24) is 0 Å². The smallest absolute Gasteiger partial charge is 0.159 e. The summed E-state index contributed by atoms with van der Waals surface area (Å²) < 4.78 is 6.75. The van der Waals surface area contributed by atoms with E-state index in [1.807, 2.05) is 0 Å². The summed E-state index contributed by atoms with van der Waals surface area (Å²) in [4.78, 5) is 2.43. The Bertz CT molecular complexity index is 3010. The van der Waals surface area contributed by atoms with Crippen LogP contribution in [0.3, 0.4) is 0 Å². The predicted octanol–water partition coefficient (Wildman–Crippen LogP) is 13.7. The SMILES string of the molecule is CC1(C)c2ccccc2-c2ccc(N(c3ccc4c(c3)-c3ccccc3C43c4ccccc4-c4ccccc43)c3cccc4c3oc3ccccc34)cc21. The van der Waals surface area contributed by atoms with E-state index >= 15 is 0 Å². The Hall–Kier alpha value is -6.64. The number of hydrogen-bond acceptors (Lipinski definition) is 2. The Kier molecular flexibility index (Phi) is 5.81. The first-order chi connectivity index (χ1) is 26.5. The van der Waals surface area contributed by atoms with Gasteiger partial charge in [0.05, 0.1) is 11.1 Å². The van der Waals surface area contributed by atoms with Gasteiger partial charge in [-0.2, -0.15) is 0 Å². The van der Waals surface area contributed by atoms with Gasteiger partial charge in [-0.1, -0.05) is 153 Å². The Morgan fingerprint density at radius 1 is 0.389 bits per heavy atom. The maximum Gasteiger partial charge on any atom is 0.159 e. The zero-order valence-corrected chi connectivity index (χ0v) is 30.1. The van der Waals surface area contributed by atoms with Gasteiger partial charge in [0.2, 0.25) is 0 Å². The fraction of sp³-hybridized carbons (Fsp3) is 0.0769. The Morgan fingerprint density at radius 3 is 1.59 bits per heavy atom. The standard InChI is InChI=1S/C52H35NO/c1-51(2)42-20-8-3-14-34(42)38-28-26-33(31-47(38)51)53(48-24-13-19-40-39-18-7-12-25-49(39)54-50(40)48)32-27-29-46-41(30-32)37-17-6-11-23-45(37)52(46)43-21-9-4-15-35(43)36-16-5-10-22-44(36)52/h3-31H,1-2H3. The van der Waals surface area contributed by atoms with E-state index in [1.54, 1.807) is 0 Å². The first-order valence-corrected chi connectivity index (χ1v) is 18.9. The molecule has 0 N–H and O–H groups in total. The van der Waals surface area contributed by atoms with Crippen molar-refractivity contribution in [2.75, 3.05) is 4.90 Å². The van der Waals surface area contributed by atoms with Gasteiger partial charge in [0, 0.05) is 27.6 Å². The number of para-hydroxylation sites is 2. The van der Waals surface area contributed by atoms with E-state index in [1.165, 1.54) is 66.8 Å². The van der Waals surface area contributed by atoms with Crippen molar-refractivity contribution < 1.29 is 4.42 Å². The lowest BCUT2D eigenvalue weighted by atomic mass is 9.70. The summed E-state index contributed by atoms with van der Waals surface area (Å²) in [6.45, 7) is 4.71. The quantitative estimate of drug-likeness (QED) is 0.184. The van der Waals surface area contributed by atoms with Crippen molar-refractivity contribution in [3.8, 4) is 33.4 Å². The highest BCUT2D eigenvalue weighted by Gasteiger charge is 2.51. The average molecular weight is 690 g/mol. The molecule has 0 amide bonds. The van der Waals surface area contributed by atoms with Crippen molar-refractivity contribution >= 4 is 39.0 Å². The number of furan rings is 1. The van der Waals surface area contributed by atoms with Gasteiger partial charge in [-0.05, 0) is 103 Å². The van der Waals surface area contributed by atoms with E-state index in [-0.39, 0.29) is 10.8 Å². The van der Waals surface area contributed by atoms with Gasteiger partial charge in [0.1, 0.15) is 5.58 Å². The van der Waals surface area contributed by atoms with E-state index in [0.717, 1.165) is 39.0 Å². The van der Waals surface area contributed by atoms with Gasteiger partial charge < -0.3 is 9.32 Å². The molecule has 0 atom stereocenters. The molecule has 1 spiro atoms. The number of fused-ring (bicyclic) bond motifs is 16. The molecule has 0 saturated heterocycles. The molecule has 0 saturated carbocycles. The third-order valence-electron chi connectivity index (χ3n) is 12.7. The molecule has 0 bridgehead atoms. The molecule has 3 aliphatic rings. The fourth-order valence-corrected chi connectivity index (χ4v) is 10.4. The second kappa shape index (κ2) is 10.5. The van der Waals surface area contributed by atoms with Crippen molar-refractivity contribution in [1.29, 1.82) is 0 Å². The molecule has 1 heterocycles. The minimum atomic E-state index is -0.384. The van der Waals surface area contributed by atoms with Gasteiger partial charge in [0.15, 0.2) is 5.58 Å². The number of hydrogen-bond donors (Lipinski definition) is 0. The molecule has 0 unspecified atom stereocenters. The number of anilines is 3. The van der Waals surface area contributed by atoms with E-state index in [0.29, 0.717) is 0 Å². The van der Waals surface area contributed by atoms with Gasteiger partial charge in [0.25, 0.3) is 0 Å². The van der Waals surface area contributed by atoms with Crippen LogP contribution in [0.5, 0.6) is 0 Å². The second-order valence-corrected chi connectivity index (χ2v) is 15.6. The van der Waals surface area contributed by atoms with Crippen LogP contribution in [-0.2, 0) is 10.8 Å². The monoisotopic (exact) mass is 689 g/mol. The van der Waals surface area contributed by atoms with E-state index < -0.39 is 0 Å². The molecule has 1 aromatic heterocycles. The summed E-state index contributed by atoms with van der Waals surface area (Å²) >= 11 is 0. The Labute approximate surface area is 314 Å². The van der Waals surface area contributed by atoms with Gasteiger partial charge in [-0.3, -0.25) is 0 Å². The van der Waals surface area contributed by atoms with Crippen molar-refractivity contribution in [2.45, 2.75) is 24.7 Å². The lowest BCUT2D eigenvalue weighted by Crippen LogP contribution is -2.25. The topological polar surface area (TPSA) is 16.4 Å². The average Bonchev–Trinajstić information content (AvgIpc) is 3.91. The molecule has 9 aromatic rings. The molecule has 254 valence electrons. The van der Waals surface area contributed by atoms with Crippen molar-refractivity contribution in [3.63, 3.8) is 0 Å². The molecule has 2 nitrogen and oxygen atoms in total. The van der Waals surface area contributed by atoms with Crippen LogP contribution in [0, 0.1) is 0 Å². The predicted molar refractivity (Wildman–Crippen MR) is 222 cm³/mol. The third-order valence-corrected chi connectivity index (χ3v) is 12.7. The van der Waals surface area contributed by atoms with Gasteiger partial charge >= 0.3 is 0 Å². The molecule has 0 aliphatic heterocycles. The maximum absolute atomic E-state index is 6.75. The molecule has 3 aliphatic carbocycles. The lowest BCUT2D eigenvalue weighted by molar-refractivity contribution is 0.660. The van der Waals surface area contributed by atoms with Crippen LogP contribution in [0.2, 0.25) is 0 Å². The summed E-state index contributed by atoms with van der Waals surface area (Å²) in [6, 6.07) is 65.1. The molecule has 0 radical (unpaired) electrons. The van der Waals surface area contributed by atoms with Crippen molar-refractivity contribution in [3.05, 3.63) is 209 Å². The van der Waals surface area contributed by atoms with Crippen LogP contribution in [-0.4, -0.2) is 0 Å². The van der Waals surface area contributed by atoms with Gasteiger partial charge in [-0.25, -0.2) is 0 Å². The highest BCUT2D eigenvalue weighted by Crippen LogP contribution is 2.63. The minimum absolute atomic E-state index is 0.133. The normalized spacial score (nSPS) is 14.8. The van der Waals surface area contributed by atoms with Crippen LogP contribution >= 0.6 is 0 Å². The summed E-state index contributed by atoms with van der Waals surface area (Å²) in [5.74, 6) is 0. The summed E-state index contributed by atoms with van der Waals surface area (Å²) in [5, 5.41) is 2.25. The molecule has 0 fully saturated rings. The first kappa shape index (κ1) is 29.9. The minimum Gasteiger partial charge on any atom is -0.454 e. The lowest BCUT2D eigenvalue weighted by Gasteiger charge is -2.31. The van der Waals surface area contributed by atoms with Crippen LogP contribution in [0.15, 0.2) is 180 Å². The molecular formula is C52H35NO. The Balaban J connectivity index is 1.13. The van der Waals surface area contributed by atoms with Crippen molar-refractivity contribution in [2.24, 2.45) is 0 Å². The first-order valence-electron chi connectivity index (χ1n) is 18.9. The number of benzene rings is 8. The third kappa shape index (κ3) is 3.65. The molecule has 12 rings (SSSR count). The second-order valence-electron chi connectivity index (χ2n) is 15.6. The number of nitrogens with zero attached hydrogens (tertiary/aromatic N) is 1. The molecule has 8 aromatic carbocycles. The zero-order valence-electron chi connectivity index (χ0n) is 30.1. The fourth-order valence-electron chi connectivity index (χ4n) is 10.4. The highest BCUT2D eigenvalue weighted by molar-refractivity contribution is 6.10. The van der Waals surface area contributed by atoms with E-state index in [4.69, 9.17) is 4.42 Å². The maximum atomic E-state index is 6.75. The summed E-state index contributed by atoms with van der Waals surface area (Å²) in [5.41, 5.74) is 20.4. The van der Waals surface area contributed by atoms with Crippen LogP contribution in [0.1, 0.15) is 47.2 Å².